The highest BCUT2D eigenvalue weighted by Gasteiger charge is 2.64. The Kier molecular flexibility index (Phi) is 4.40. The number of rotatable bonds is 5. The molecule has 1 saturated carbocycles. The third kappa shape index (κ3) is 2.39. The number of aromatic nitrogens is 1. The molecule has 5 atom stereocenters. The van der Waals surface area contributed by atoms with Crippen molar-refractivity contribution in [2.45, 2.75) is 50.9 Å². The van der Waals surface area contributed by atoms with Crippen LogP contribution >= 0.6 is 0 Å². The molecule has 4 bridgehead atoms. The van der Waals surface area contributed by atoms with E-state index in [0.717, 1.165) is 54.0 Å². The fraction of sp³-hybridized carbons (Fsp3) is 0.609. The number of hydrogen-bond donors (Lipinski definition) is 0. The van der Waals surface area contributed by atoms with E-state index in [1.54, 1.807) is 14.2 Å². The minimum atomic E-state index is -0.630. The lowest BCUT2D eigenvalue weighted by atomic mass is 9.55. The Morgan fingerprint density at radius 2 is 2.10 bits per heavy atom. The minimum Gasteiger partial charge on any atom is -0.497 e. The van der Waals surface area contributed by atoms with Gasteiger partial charge in [0.05, 0.1) is 33.0 Å². The van der Waals surface area contributed by atoms with E-state index in [9.17, 15) is 4.79 Å². The van der Waals surface area contributed by atoms with Gasteiger partial charge < -0.3 is 18.8 Å². The maximum Gasteiger partial charge on any atom is 0.319 e. The van der Waals surface area contributed by atoms with E-state index in [-0.39, 0.29) is 12.0 Å². The van der Waals surface area contributed by atoms with E-state index in [1.807, 2.05) is 6.07 Å². The van der Waals surface area contributed by atoms with Gasteiger partial charge in [-0.15, -0.1) is 0 Å². The third-order valence-corrected chi connectivity index (χ3v) is 7.57. The number of benzene rings is 1. The molecular formula is C23H30N2O4. The van der Waals surface area contributed by atoms with Crippen molar-refractivity contribution in [2.24, 2.45) is 11.8 Å². The Hall–Kier alpha value is -2.05. The number of carbonyl (C=O) groups is 1. The Morgan fingerprint density at radius 1 is 1.28 bits per heavy atom. The van der Waals surface area contributed by atoms with Crippen LogP contribution in [-0.2, 0) is 33.0 Å². The topological polar surface area (TPSA) is 52.9 Å². The molecule has 0 spiro atoms. The molecule has 4 aliphatic rings. The number of fused-ring (bicyclic) bond motifs is 4. The largest absolute Gasteiger partial charge is 0.497 e. The molecule has 6 rings (SSSR count). The van der Waals surface area contributed by atoms with E-state index in [1.165, 1.54) is 13.5 Å². The summed E-state index contributed by atoms with van der Waals surface area (Å²) in [6.07, 6.45) is 3.16. The minimum absolute atomic E-state index is 0.0941. The van der Waals surface area contributed by atoms with Gasteiger partial charge in [0.1, 0.15) is 11.2 Å². The summed E-state index contributed by atoms with van der Waals surface area (Å²) in [6.45, 7) is 4.60. The molecule has 4 heterocycles. The molecule has 1 aromatic heterocycles. The van der Waals surface area contributed by atoms with Crippen molar-refractivity contribution in [1.82, 2.24) is 9.47 Å². The van der Waals surface area contributed by atoms with E-state index >= 15 is 0 Å². The molecule has 2 saturated heterocycles. The van der Waals surface area contributed by atoms with Crippen molar-refractivity contribution < 1.29 is 19.0 Å². The third-order valence-electron chi connectivity index (χ3n) is 7.57. The monoisotopic (exact) mass is 398 g/mol. The SMILES string of the molecule is CC[C@H]1C[C@H]2CN3Cn4c(c(COC)c5ccc(OC)cc54)[C@](C(=O)OC)(C2)[C@H]13. The fourth-order valence-corrected chi connectivity index (χ4v) is 6.73. The van der Waals surface area contributed by atoms with E-state index < -0.39 is 5.41 Å². The summed E-state index contributed by atoms with van der Waals surface area (Å²) in [4.78, 5) is 16.1. The maximum absolute atomic E-state index is 13.5. The molecule has 1 aromatic carbocycles. The predicted octanol–water partition coefficient (Wildman–Crippen LogP) is 3.30. The van der Waals surface area contributed by atoms with Crippen molar-refractivity contribution >= 4 is 16.9 Å². The number of nitrogens with zero attached hydrogens (tertiary/aromatic N) is 2. The zero-order chi connectivity index (χ0) is 20.3. The van der Waals surface area contributed by atoms with Crippen LogP contribution < -0.4 is 4.74 Å². The second-order valence-electron chi connectivity index (χ2n) is 8.87. The van der Waals surface area contributed by atoms with Crippen molar-refractivity contribution in [3.05, 3.63) is 29.5 Å². The van der Waals surface area contributed by atoms with Crippen LogP contribution in [0.15, 0.2) is 18.2 Å². The first-order valence-electron chi connectivity index (χ1n) is 10.6. The smallest absolute Gasteiger partial charge is 0.319 e. The zero-order valence-corrected chi connectivity index (χ0v) is 17.7. The molecule has 3 fully saturated rings. The predicted molar refractivity (Wildman–Crippen MR) is 110 cm³/mol. The lowest BCUT2D eigenvalue weighted by Gasteiger charge is -2.61. The molecule has 156 valence electrons. The van der Waals surface area contributed by atoms with E-state index in [2.05, 4.69) is 28.5 Å². The highest BCUT2D eigenvalue weighted by molar-refractivity contribution is 5.93. The summed E-state index contributed by atoms with van der Waals surface area (Å²) < 4.78 is 19.0. The Balaban J connectivity index is 1.84. The molecule has 6 nitrogen and oxygen atoms in total. The number of hydrogen-bond acceptors (Lipinski definition) is 5. The lowest BCUT2D eigenvalue weighted by molar-refractivity contribution is -0.169. The number of ether oxygens (including phenoxy) is 3. The molecular weight excluding hydrogens is 368 g/mol. The van der Waals surface area contributed by atoms with Crippen LogP contribution in [0.4, 0.5) is 0 Å². The van der Waals surface area contributed by atoms with Gasteiger partial charge in [-0.1, -0.05) is 13.3 Å². The first-order chi connectivity index (χ1) is 14.1. The molecule has 29 heavy (non-hydrogen) atoms. The number of methoxy groups -OCH3 is 3. The van der Waals surface area contributed by atoms with Crippen LogP contribution in [0.3, 0.4) is 0 Å². The van der Waals surface area contributed by atoms with Gasteiger partial charge in [-0.05, 0) is 36.8 Å². The van der Waals surface area contributed by atoms with Crippen LogP contribution in [0.1, 0.15) is 37.4 Å². The highest BCUT2D eigenvalue weighted by Crippen LogP contribution is 2.57. The van der Waals surface area contributed by atoms with Crippen LogP contribution in [0.5, 0.6) is 5.75 Å². The molecule has 0 amide bonds. The van der Waals surface area contributed by atoms with Crippen molar-refractivity contribution in [3.8, 4) is 5.75 Å². The standard InChI is InChI=1S/C23H30N2O4/c1-5-15-8-14-10-23(22(26)29-4)20(15)24(11-14)13-25-19-9-16(28-3)6-7-17(19)18(12-27-2)21(23)25/h6-7,9,14-15,20H,5,8,10-13H2,1-4H3/t14-,15+,20+,23+/m1/s1. The molecule has 6 heteroatoms. The van der Waals surface area contributed by atoms with Gasteiger partial charge in [0.15, 0.2) is 0 Å². The summed E-state index contributed by atoms with van der Waals surface area (Å²) in [7, 11) is 4.95. The average molecular weight is 399 g/mol. The van der Waals surface area contributed by atoms with Gasteiger partial charge in [-0.2, -0.15) is 0 Å². The average Bonchev–Trinajstić information content (AvgIpc) is 3.06. The molecule has 0 radical (unpaired) electrons. The van der Waals surface area contributed by atoms with Gasteiger partial charge in [0.25, 0.3) is 0 Å². The van der Waals surface area contributed by atoms with Crippen molar-refractivity contribution in [3.63, 3.8) is 0 Å². The molecule has 2 aromatic rings. The summed E-state index contributed by atoms with van der Waals surface area (Å²) in [6, 6.07) is 6.37. The van der Waals surface area contributed by atoms with E-state index in [4.69, 9.17) is 14.2 Å². The molecule has 0 N–H and O–H groups in total. The van der Waals surface area contributed by atoms with E-state index in [0.29, 0.717) is 18.4 Å². The summed E-state index contributed by atoms with van der Waals surface area (Å²) in [5, 5.41) is 1.14. The van der Waals surface area contributed by atoms with Crippen LogP contribution in [0, 0.1) is 11.8 Å². The molecule has 1 aliphatic carbocycles. The van der Waals surface area contributed by atoms with Crippen molar-refractivity contribution in [1.29, 1.82) is 0 Å². The van der Waals surface area contributed by atoms with Crippen molar-refractivity contribution in [2.75, 3.05) is 27.9 Å². The lowest BCUT2D eigenvalue weighted by Crippen LogP contribution is -2.70. The Morgan fingerprint density at radius 3 is 2.79 bits per heavy atom. The van der Waals surface area contributed by atoms with Gasteiger partial charge in [-0.3, -0.25) is 9.69 Å². The first kappa shape index (κ1) is 18.9. The van der Waals surface area contributed by atoms with Gasteiger partial charge in [-0.25, -0.2) is 0 Å². The molecule has 3 aliphatic heterocycles. The zero-order valence-electron chi connectivity index (χ0n) is 17.7. The Labute approximate surface area is 171 Å². The summed E-state index contributed by atoms with van der Waals surface area (Å²) >= 11 is 0. The Bertz CT molecular complexity index is 967. The second kappa shape index (κ2) is 6.74. The highest BCUT2D eigenvalue weighted by atomic mass is 16.5. The van der Waals surface area contributed by atoms with Gasteiger partial charge >= 0.3 is 5.97 Å². The van der Waals surface area contributed by atoms with Gasteiger partial charge in [0, 0.05) is 42.4 Å². The quantitative estimate of drug-likeness (QED) is 0.724. The molecule has 1 unspecified atom stereocenters. The summed E-state index contributed by atoms with van der Waals surface area (Å²) in [5.41, 5.74) is 2.71. The number of esters is 1. The normalized spacial score (nSPS) is 32.3. The second-order valence-corrected chi connectivity index (χ2v) is 8.87. The van der Waals surface area contributed by atoms with Gasteiger partial charge in [0.2, 0.25) is 0 Å². The summed E-state index contributed by atoms with van der Waals surface area (Å²) in [5.74, 6) is 1.77. The first-order valence-corrected chi connectivity index (χ1v) is 10.6. The van der Waals surface area contributed by atoms with Crippen LogP contribution in [0.25, 0.3) is 10.9 Å². The van der Waals surface area contributed by atoms with Crippen LogP contribution in [-0.4, -0.2) is 49.4 Å². The number of carbonyl (C=O) groups excluding carboxylic acids is 1. The maximum atomic E-state index is 13.5. The fourth-order valence-electron chi connectivity index (χ4n) is 6.73. The van der Waals surface area contributed by atoms with Crippen LogP contribution in [0.2, 0.25) is 0 Å². The number of piperidine rings is 2.